The van der Waals surface area contributed by atoms with Crippen molar-refractivity contribution in [3.63, 3.8) is 0 Å². The topological polar surface area (TPSA) is 67.2 Å². The Hall–Kier alpha value is -1.34. The van der Waals surface area contributed by atoms with Crippen LogP contribution in [0.3, 0.4) is 0 Å². The summed E-state index contributed by atoms with van der Waals surface area (Å²) in [6.45, 7) is 2.19. The van der Waals surface area contributed by atoms with Crippen LogP contribution in [-0.2, 0) is 6.54 Å². The molecule has 0 saturated heterocycles. The van der Waals surface area contributed by atoms with Gasteiger partial charge in [-0.1, -0.05) is 39.7 Å². The summed E-state index contributed by atoms with van der Waals surface area (Å²) < 4.78 is 1.06. The first kappa shape index (κ1) is 19.7. The molecular formula is C15H16BrCl2N3O2. The molecule has 0 aliphatic carbocycles. The third-order valence-corrected chi connectivity index (χ3v) is 3.80. The van der Waals surface area contributed by atoms with Gasteiger partial charge in [-0.15, -0.1) is 12.4 Å². The minimum absolute atomic E-state index is 0. The number of nitro benzene ring substituents is 1. The summed E-state index contributed by atoms with van der Waals surface area (Å²) in [5.74, 6) is 0. The van der Waals surface area contributed by atoms with Crippen LogP contribution >= 0.6 is 39.9 Å². The van der Waals surface area contributed by atoms with Gasteiger partial charge in [0, 0.05) is 36.2 Å². The maximum absolute atomic E-state index is 10.6. The predicted octanol–water partition coefficient (Wildman–Crippen LogP) is 4.63. The van der Waals surface area contributed by atoms with E-state index < -0.39 is 4.92 Å². The number of benzene rings is 2. The number of anilines is 1. The van der Waals surface area contributed by atoms with E-state index in [1.165, 1.54) is 17.7 Å². The highest BCUT2D eigenvalue weighted by Crippen LogP contribution is 2.26. The Labute approximate surface area is 154 Å². The zero-order chi connectivity index (χ0) is 15.9. The van der Waals surface area contributed by atoms with Gasteiger partial charge in [-0.25, -0.2) is 0 Å². The summed E-state index contributed by atoms with van der Waals surface area (Å²) >= 11 is 9.44. The van der Waals surface area contributed by atoms with Gasteiger partial charge in [0.25, 0.3) is 5.69 Å². The molecule has 23 heavy (non-hydrogen) atoms. The normalized spacial score (nSPS) is 10.0. The van der Waals surface area contributed by atoms with E-state index in [0.29, 0.717) is 17.3 Å². The van der Waals surface area contributed by atoms with Gasteiger partial charge in [0.05, 0.1) is 15.6 Å². The van der Waals surface area contributed by atoms with Crippen molar-refractivity contribution in [1.29, 1.82) is 0 Å². The average Bonchev–Trinajstić information content (AvgIpc) is 2.48. The zero-order valence-electron chi connectivity index (χ0n) is 12.1. The maximum Gasteiger partial charge on any atom is 0.271 e. The van der Waals surface area contributed by atoms with Crippen LogP contribution in [0, 0.1) is 10.1 Å². The van der Waals surface area contributed by atoms with Gasteiger partial charge in [0.1, 0.15) is 0 Å². The monoisotopic (exact) mass is 419 g/mol. The Morgan fingerprint density at radius 3 is 2.61 bits per heavy atom. The molecule has 2 aromatic carbocycles. The molecule has 0 spiro atoms. The largest absolute Gasteiger partial charge is 0.383 e. The molecule has 2 aromatic rings. The van der Waals surface area contributed by atoms with Crippen LogP contribution < -0.4 is 10.6 Å². The fourth-order valence-electron chi connectivity index (χ4n) is 1.93. The summed E-state index contributed by atoms with van der Waals surface area (Å²) in [6.07, 6.45) is 0. The van der Waals surface area contributed by atoms with Crippen molar-refractivity contribution >= 4 is 51.3 Å². The minimum Gasteiger partial charge on any atom is -0.383 e. The lowest BCUT2D eigenvalue weighted by atomic mass is 10.2. The first-order valence-electron chi connectivity index (χ1n) is 6.69. The summed E-state index contributed by atoms with van der Waals surface area (Å²) in [7, 11) is 0. The maximum atomic E-state index is 10.6. The minimum atomic E-state index is -0.463. The number of non-ortho nitro benzene ring substituents is 1. The number of hydrogen-bond donors (Lipinski definition) is 2. The smallest absolute Gasteiger partial charge is 0.271 e. The zero-order valence-corrected chi connectivity index (χ0v) is 15.2. The lowest BCUT2D eigenvalue weighted by Crippen LogP contribution is -2.21. The van der Waals surface area contributed by atoms with Crippen LogP contribution in [0.4, 0.5) is 11.4 Å². The molecule has 0 radical (unpaired) electrons. The SMILES string of the molecule is Cl.O=[N+]([O-])c1ccc(NCCNCc2cccc(Br)c2)c(Cl)c1. The number of nitrogens with zero attached hydrogens (tertiary/aromatic N) is 1. The van der Waals surface area contributed by atoms with Crippen molar-refractivity contribution in [3.8, 4) is 0 Å². The predicted molar refractivity (Wildman–Crippen MR) is 99.7 cm³/mol. The van der Waals surface area contributed by atoms with Crippen molar-refractivity contribution in [2.24, 2.45) is 0 Å². The first-order valence-corrected chi connectivity index (χ1v) is 7.86. The molecule has 0 bridgehead atoms. The Morgan fingerprint density at radius 1 is 1.17 bits per heavy atom. The van der Waals surface area contributed by atoms with Crippen LogP contribution in [-0.4, -0.2) is 18.0 Å². The third-order valence-electron chi connectivity index (χ3n) is 3.00. The van der Waals surface area contributed by atoms with Gasteiger partial charge in [-0.3, -0.25) is 10.1 Å². The summed E-state index contributed by atoms with van der Waals surface area (Å²) in [6, 6.07) is 12.5. The van der Waals surface area contributed by atoms with Gasteiger partial charge in [0.2, 0.25) is 0 Å². The summed E-state index contributed by atoms with van der Waals surface area (Å²) in [5, 5.41) is 17.4. The number of hydrogen-bond acceptors (Lipinski definition) is 4. The number of halogens is 3. The van der Waals surface area contributed by atoms with Gasteiger partial charge in [-0.05, 0) is 23.8 Å². The molecule has 2 rings (SSSR count). The molecule has 8 heteroatoms. The Balaban J connectivity index is 0.00000264. The molecule has 124 valence electrons. The average molecular weight is 421 g/mol. The molecule has 0 fully saturated rings. The van der Waals surface area contributed by atoms with Crippen molar-refractivity contribution in [3.05, 3.63) is 67.6 Å². The fraction of sp³-hybridized carbons (Fsp3) is 0.200. The Kier molecular flexibility index (Phi) is 8.33. The van der Waals surface area contributed by atoms with Crippen molar-refractivity contribution in [2.75, 3.05) is 18.4 Å². The molecular weight excluding hydrogens is 405 g/mol. The molecule has 0 aliphatic rings. The van der Waals surface area contributed by atoms with E-state index in [-0.39, 0.29) is 18.1 Å². The van der Waals surface area contributed by atoms with Gasteiger partial charge in [0.15, 0.2) is 0 Å². The molecule has 0 saturated carbocycles. The second-order valence-electron chi connectivity index (χ2n) is 4.65. The number of nitro groups is 1. The summed E-state index contributed by atoms with van der Waals surface area (Å²) in [4.78, 5) is 10.2. The fourth-order valence-corrected chi connectivity index (χ4v) is 2.61. The van der Waals surface area contributed by atoms with E-state index in [2.05, 4.69) is 38.7 Å². The molecule has 0 aliphatic heterocycles. The molecule has 0 heterocycles. The van der Waals surface area contributed by atoms with Crippen LogP contribution in [0.5, 0.6) is 0 Å². The van der Waals surface area contributed by atoms with Crippen molar-refractivity contribution in [2.45, 2.75) is 6.54 Å². The molecule has 0 unspecified atom stereocenters. The lowest BCUT2D eigenvalue weighted by Gasteiger charge is -2.09. The second kappa shape index (κ2) is 9.72. The van der Waals surface area contributed by atoms with Crippen LogP contribution in [0.25, 0.3) is 0 Å². The third kappa shape index (κ3) is 6.35. The lowest BCUT2D eigenvalue weighted by molar-refractivity contribution is -0.384. The van der Waals surface area contributed by atoms with Crippen LogP contribution in [0.15, 0.2) is 46.9 Å². The van der Waals surface area contributed by atoms with Crippen LogP contribution in [0.1, 0.15) is 5.56 Å². The highest BCUT2D eigenvalue weighted by molar-refractivity contribution is 9.10. The summed E-state index contributed by atoms with van der Waals surface area (Å²) in [5.41, 5.74) is 1.88. The van der Waals surface area contributed by atoms with E-state index in [9.17, 15) is 10.1 Å². The van der Waals surface area contributed by atoms with E-state index in [0.717, 1.165) is 17.6 Å². The quantitative estimate of drug-likeness (QED) is 0.389. The molecule has 2 N–H and O–H groups in total. The Morgan fingerprint density at radius 2 is 1.96 bits per heavy atom. The van der Waals surface area contributed by atoms with E-state index >= 15 is 0 Å². The highest BCUT2D eigenvalue weighted by Gasteiger charge is 2.08. The molecule has 0 amide bonds. The molecule has 5 nitrogen and oxygen atoms in total. The van der Waals surface area contributed by atoms with E-state index in [1.807, 2.05) is 12.1 Å². The van der Waals surface area contributed by atoms with E-state index in [4.69, 9.17) is 11.6 Å². The Bertz CT molecular complexity index is 671. The number of nitrogens with one attached hydrogen (secondary N) is 2. The van der Waals surface area contributed by atoms with Gasteiger partial charge in [-0.2, -0.15) is 0 Å². The molecule has 0 atom stereocenters. The molecule has 0 aromatic heterocycles. The van der Waals surface area contributed by atoms with Gasteiger partial charge < -0.3 is 10.6 Å². The van der Waals surface area contributed by atoms with Crippen LogP contribution in [0.2, 0.25) is 5.02 Å². The van der Waals surface area contributed by atoms with Gasteiger partial charge >= 0.3 is 0 Å². The number of rotatable bonds is 7. The van der Waals surface area contributed by atoms with E-state index in [1.54, 1.807) is 6.07 Å². The van der Waals surface area contributed by atoms with Crippen molar-refractivity contribution < 1.29 is 4.92 Å². The first-order chi connectivity index (χ1) is 10.6. The second-order valence-corrected chi connectivity index (χ2v) is 5.98. The highest BCUT2D eigenvalue weighted by atomic mass is 79.9. The standard InChI is InChI=1S/C15H15BrClN3O2.ClH/c16-12-3-1-2-11(8-12)10-18-6-7-19-15-5-4-13(20(21)22)9-14(15)17;/h1-5,8-9,18-19H,6-7,10H2;1H. The van der Waals surface area contributed by atoms with Crippen molar-refractivity contribution in [1.82, 2.24) is 5.32 Å².